The van der Waals surface area contributed by atoms with Gasteiger partial charge in [0.1, 0.15) is 11.5 Å². The van der Waals surface area contributed by atoms with Gasteiger partial charge < -0.3 is 21.1 Å². The largest absolute Gasteiger partial charge is 0.390 e. The van der Waals surface area contributed by atoms with Crippen LogP contribution >= 0.6 is 0 Å². The molecule has 6 N–H and O–H groups in total. The third-order valence-electron chi connectivity index (χ3n) is 6.43. The van der Waals surface area contributed by atoms with Crippen molar-refractivity contribution in [3.8, 4) is 0 Å². The van der Waals surface area contributed by atoms with E-state index in [0.717, 1.165) is 36.0 Å². The van der Waals surface area contributed by atoms with Crippen LogP contribution in [0, 0.1) is 23.2 Å². The van der Waals surface area contributed by atoms with Gasteiger partial charge in [-0.25, -0.2) is 4.98 Å². The first-order valence-electron chi connectivity index (χ1n) is 8.82. The van der Waals surface area contributed by atoms with Crippen LogP contribution in [0.25, 0.3) is 11.0 Å². The van der Waals surface area contributed by atoms with Gasteiger partial charge in [0.15, 0.2) is 0 Å². The van der Waals surface area contributed by atoms with Crippen LogP contribution in [0.2, 0.25) is 0 Å². The third-order valence-corrected chi connectivity index (χ3v) is 6.43. The van der Waals surface area contributed by atoms with E-state index in [4.69, 9.17) is 11.1 Å². The van der Waals surface area contributed by atoms with Crippen LogP contribution in [0.4, 0.5) is 5.69 Å². The molecular weight excluding hydrogens is 302 g/mol. The van der Waals surface area contributed by atoms with Crippen LogP contribution in [-0.2, 0) is 0 Å². The molecule has 0 aliphatic heterocycles. The smallest absolute Gasteiger partial charge is 0.139 e. The molecule has 0 amide bonds. The molecule has 126 valence electrons. The van der Waals surface area contributed by atoms with Gasteiger partial charge in [0.2, 0.25) is 0 Å². The Hall–Kier alpha value is -2.08. The monoisotopic (exact) mass is 325 g/mol. The lowest BCUT2D eigenvalue weighted by Gasteiger charge is -2.58. The van der Waals surface area contributed by atoms with Gasteiger partial charge >= 0.3 is 0 Å². The fourth-order valence-electron chi connectivity index (χ4n) is 5.75. The zero-order chi connectivity index (χ0) is 16.5. The summed E-state index contributed by atoms with van der Waals surface area (Å²) in [7, 11) is 0. The second kappa shape index (κ2) is 4.72. The number of nitrogens with two attached hydrogens (primary N) is 1. The zero-order valence-corrected chi connectivity index (χ0v) is 13.5. The quantitative estimate of drug-likeness (QED) is 0.440. The maximum Gasteiger partial charge on any atom is 0.139 e. The van der Waals surface area contributed by atoms with Crippen molar-refractivity contribution in [1.29, 1.82) is 5.41 Å². The van der Waals surface area contributed by atoms with Crippen molar-refractivity contribution in [2.45, 2.75) is 43.7 Å². The Kier molecular flexibility index (Phi) is 2.81. The van der Waals surface area contributed by atoms with Crippen molar-refractivity contribution in [3.63, 3.8) is 0 Å². The Labute approximate surface area is 140 Å². The summed E-state index contributed by atoms with van der Waals surface area (Å²) in [6, 6.07) is 2.33. The number of nitrogens with zero attached hydrogens (tertiary/aromatic N) is 1. The highest BCUT2D eigenvalue weighted by Crippen LogP contribution is 2.56. The predicted molar refractivity (Wildman–Crippen MR) is 93.0 cm³/mol. The number of fused-ring (bicyclic) bond motifs is 1. The van der Waals surface area contributed by atoms with Crippen LogP contribution in [-0.4, -0.2) is 32.6 Å². The molecule has 4 fully saturated rings. The summed E-state index contributed by atoms with van der Waals surface area (Å²) in [6.07, 6.45) is 8.73. The summed E-state index contributed by atoms with van der Waals surface area (Å²) in [5.41, 5.74) is 7.75. The highest BCUT2D eigenvalue weighted by molar-refractivity contribution is 6.07. The maximum absolute atomic E-state index is 10.8. The number of nitrogen functional groups attached to an aromatic ring is 1. The summed E-state index contributed by atoms with van der Waals surface area (Å²) in [5, 5.41) is 23.4. The second-order valence-corrected chi connectivity index (χ2v) is 8.06. The van der Waals surface area contributed by atoms with E-state index in [-0.39, 0.29) is 5.84 Å². The first-order chi connectivity index (χ1) is 11.5. The summed E-state index contributed by atoms with van der Waals surface area (Å²) in [4.78, 5) is 7.49. The normalized spacial score (nSPS) is 37.0. The number of nitrogens with one attached hydrogen (secondary N) is 3. The molecule has 2 aromatic heterocycles. The van der Waals surface area contributed by atoms with E-state index in [1.54, 1.807) is 6.20 Å². The number of rotatable bonds is 3. The van der Waals surface area contributed by atoms with Crippen LogP contribution < -0.4 is 11.1 Å². The Bertz CT molecular complexity index is 812. The van der Waals surface area contributed by atoms with Gasteiger partial charge in [-0.15, -0.1) is 0 Å². The molecule has 2 aromatic rings. The molecule has 24 heavy (non-hydrogen) atoms. The zero-order valence-electron chi connectivity index (χ0n) is 13.5. The summed E-state index contributed by atoms with van der Waals surface area (Å²) in [6.45, 7) is 0. The van der Waals surface area contributed by atoms with E-state index in [9.17, 15) is 5.11 Å². The van der Waals surface area contributed by atoms with Crippen molar-refractivity contribution >= 4 is 22.6 Å². The second-order valence-electron chi connectivity index (χ2n) is 8.06. The molecule has 2 heterocycles. The summed E-state index contributed by atoms with van der Waals surface area (Å²) in [5.74, 6) is 1.73. The Morgan fingerprint density at radius 2 is 2.08 bits per heavy atom. The molecule has 2 atom stereocenters. The van der Waals surface area contributed by atoms with Crippen LogP contribution in [0.15, 0.2) is 18.5 Å². The number of pyridine rings is 1. The SMILES string of the molecule is N=C(N)c1cnc2[nH]ccc2c1N[C@H]1C2CC3CC1C[C@@](O)(C3)C2. The number of hydrogen-bond donors (Lipinski definition) is 5. The maximum atomic E-state index is 10.8. The van der Waals surface area contributed by atoms with Crippen molar-refractivity contribution < 1.29 is 5.11 Å². The minimum absolute atomic E-state index is 0.0375. The predicted octanol–water partition coefficient (Wildman–Crippen LogP) is 2.20. The molecule has 0 saturated heterocycles. The van der Waals surface area contributed by atoms with Crippen LogP contribution in [0.3, 0.4) is 0 Å². The number of aromatic amines is 1. The fourth-order valence-corrected chi connectivity index (χ4v) is 5.75. The lowest BCUT2D eigenvalue weighted by molar-refractivity contribution is -0.129. The number of aliphatic hydroxyl groups is 1. The summed E-state index contributed by atoms with van der Waals surface area (Å²) < 4.78 is 0. The first kappa shape index (κ1) is 14.3. The van der Waals surface area contributed by atoms with Gasteiger partial charge in [-0.05, 0) is 55.9 Å². The molecule has 6 rings (SSSR count). The first-order valence-corrected chi connectivity index (χ1v) is 8.82. The minimum atomic E-state index is -0.431. The average molecular weight is 325 g/mol. The van der Waals surface area contributed by atoms with Crippen LogP contribution in [0.5, 0.6) is 0 Å². The van der Waals surface area contributed by atoms with Gasteiger partial charge in [-0.3, -0.25) is 5.41 Å². The molecule has 6 heteroatoms. The molecule has 2 unspecified atom stereocenters. The molecular formula is C18H23N5O. The average Bonchev–Trinajstić information content (AvgIpc) is 2.97. The van der Waals surface area contributed by atoms with Gasteiger partial charge in [0.05, 0.1) is 16.9 Å². The van der Waals surface area contributed by atoms with E-state index in [2.05, 4.69) is 15.3 Å². The fraction of sp³-hybridized carbons (Fsp3) is 0.556. The van der Waals surface area contributed by atoms with Crippen molar-refractivity contribution in [3.05, 3.63) is 24.0 Å². The van der Waals surface area contributed by atoms with E-state index in [1.807, 2.05) is 12.3 Å². The molecule has 6 nitrogen and oxygen atoms in total. The molecule has 4 aliphatic rings. The number of anilines is 1. The Morgan fingerprint density at radius 3 is 2.75 bits per heavy atom. The van der Waals surface area contributed by atoms with E-state index >= 15 is 0 Å². The lowest BCUT2D eigenvalue weighted by Crippen LogP contribution is -2.59. The molecule has 4 bridgehead atoms. The number of H-pyrrole nitrogens is 1. The van der Waals surface area contributed by atoms with E-state index in [1.165, 1.54) is 12.8 Å². The Morgan fingerprint density at radius 1 is 1.33 bits per heavy atom. The van der Waals surface area contributed by atoms with Crippen LogP contribution in [0.1, 0.15) is 37.7 Å². The summed E-state index contributed by atoms with van der Waals surface area (Å²) >= 11 is 0. The standard InChI is InChI=1S/C18H23N5O/c19-16(20)13-8-22-17-12(1-2-21-17)15(13)23-14-10-3-9-4-11(14)7-18(24,5-9)6-10/h1-2,8-11,14,24H,3-7H2,(H3,19,20)(H2,21,22,23)/t9?,10?,11?,14-,18+. The van der Waals surface area contributed by atoms with Crippen molar-refractivity contribution in [2.24, 2.45) is 23.5 Å². The highest BCUT2D eigenvalue weighted by atomic mass is 16.3. The van der Waals surface area contributed by atoms with Crippen molar-refractivity contribution in [2.75, 3.05) is 5.32 Å². The topological polar surface area (TPSA) is 111 Å². The number of amidine groups is 1. The van der Waals surface area contributed by atoms with E-state index in [0.29, 0.717) is 29.4 Å². The molecule has 0 aromatic carbocycles. The highest BCUT2D eigenvalue weighted by Gasteiger charge is 2.54. The third kappa shape index (κ3) is 1.99. The van der Waals surface area contributed by atoms with Gasteiger partial charge in [-0.2, -0.15) is 0 Å². The molecule has 0 spiro atoms. The minimum Gasteiger partial charge on any atom is -0.390 e. The molecule has 4 aliphatic carbocycles. The molecule has 0 radical (unpaired) electrons. The van der Waals surface area contributed by atoms with Gasteiger partial charge in [0.25, 0.3) is 0 Å². The number of aromatic nitrogens is 2. The lowest BCUT2D eigenvalue weighted by atomic mass is 9.52. The van der Waals surface area contributed by atoms with Crippen molar-refractivity contribution in [1.82, 2.24) is 9.97 Å². The Balaban J connectivity index is 1.54. The van der Waals surface area contributed by atoms with Gasteiger partial charge in [-0.1, -0.05) is 0 Å². The van der Waals surface area contributed by atoms with Gasteiger partial charge in [0, 0.05) is 23.8 Å². The molecule has 4 saturated carbocycles. The van der Waals surface area contributed by atoms with E-state index < -0.39 is 5.60 Å². The number of hydrogen-bond acceptors (Lipinski definition) is 4.